The minimum Gasteiger partial charge on any atom is -0.464 e. The molecule has 1 aliphatic heterocycles. The van der Waals surface area contributed by atoms with Crippen molar-refractivity contribution in [1.29, 1.82) is 0 Å². The summed E-state index contributed by atoms with van der Waals surface area (Å²) in [4.78, 5) is 0. The molecule has 2 unspecified atom stereocenters. The number of rotatable bonds is 2. The van der Waals surface area contributed by atoms with E-state index < -0.39 is 0 Å². The fourth-order valence-electron chi connectivity index (χ4n) is 2.02. The van der Waals surface area contributed by atoms with E-state index in [4.69, 9.17) is 9.15 Å². The maximum absolute atomic E-state index is 5.84. The van der Waals surface area contributed by atoms with E-state index in [1.54, 1.807) is 0 Å². The van der Waals surface area contributed by atoms with E-state index in [0.29, 0.717) is 0 Å². The van der Waals surface area contributed by atoms with Crippen LogP contribution in [0.3, 0.4) is 0 Å². The van der Waals surface area contributed by atoms with Gasteiger partial charge in [-0.3, -0.25) is 0 Å². The van der Waals surface area contributed by atoms with E-state index in [1.165, 1.54) is 0 Å². The molecule has 1 saturated heterocycles. The van der Waals surface area contributed by atoms with Crippen LogP contribution in [0.2, 0.25) is 0 Å². The van der Waals surface area contributed by atoms with Gasteiger partial charge in [-0.05, 0) is 38.8 Å². The first-order chi connectivity index (χ1) is 7.63. The molecule has 0 bridgehead atoms. The standard InChI is InChI=1S/C13H21NO2/c1-4-13(3)7-8-15-12(9-14-13)11-6-5-10(2)16-11/h5-6,12,14H,4,7-9H2,1-3H3. The molecule has 0 aliphatic carbocycles. The van der Waals surface area contributed by atoms with Gasteiger partial charge in [0.25, 0.3) is 0 Å². The van der Waals surface area contributed by atoms with Crippen molar-refractivity contribution < 1.29 is 9.15 Å². The Kier molecular flexibility index (Phi) is 3.36. The highest BCUT2D eigenvalue weighted by molar-refractivity contribution is 5.09. The molecular formula is C13H21NO2. The second kappa shape index (κ2) is 4.60. The highest BCUT2D eigenvalue weighted by Crippen LogP contribution is 2.26. The number of ether oxygens (including phenoxy) is 1. The van der Waals surface area contributed by atoms with Crippen LogP contribution < -0.4 is 5.32 Å². The molecule has 90 valence electrons. The molecule has 1 aliphatic rings. The molecule has 1 fully saturated rings. The summed E-state index contributed by atoms with van der Waals surface area (Å²) < 4.78 is 11.5. The lowest BCUT2D eigenvalue weighted by molar-refractivity contribution is 0.0496. The van der Waals surface area contributed by atoms with Crippen LogP contribution in [-0.2, 0) is 4.74 Å². The maximum Gasteiger partial charge on any atom is 0.134 e. The third-order valence-corrected chi connectivity index (χ3v) is 3.55. The molecule has 0 spiro atoms. The van der Waals surface area contributed by atoms with Crippen LogP contribution in [0.25, 0.3) is 0 Å². The second-order valence-corrected chi connectivity index (χ2v) is 4.85. The normalized spacial score (nSPS) is 31.3. The number of furan rings is 1. The lowest BCUT2D eigenvalue weighted by Crippen LogP contribution is -2.42. The van der Waals surface area contributed by atoms with Crippen LogP contribution in [0.15, 0.2) is 16.5 Å². The Morgan fingerprint density at radius 3 is 2.94 bits per heavy atom. The van der Waals surface area contributed by atoms with Gasteiger partial charge in [-0.1, -0.05) is 6.92 Å². The lowest BCUT2D eigenvalue weighted by Gasteiger charge is -2.27. The Labute approximate surface area is 97.2 Å². The third kappa shape index (κ3) is 2.47. The van der Waals surface area contributed by atoms with Crippen molar-refractivity contribution in [3.05, 3.63) is 23.7 Å². The van der Waals surface area contributed by atoms with Gasteiger partial charge in [-0.2, -0.15) is 0 Å². The third-order valence-electron chi connectivity index (χ3n) is 3.55. The predicted molar refractivity (Wildman–Crippen MR) is 63.5 cm³/mol. The fraction of sp³-hybridized carbons (Fsp3) is 0.692. The van der Waals surface area contributed by atoms with Crippen LogP contribution in [0, 0.1) is 6.92 Å². The van der Waals surface area contributed by atoms with Gasteiger partial charge >= 0.3 is 0 Å². The molecule has 1 aromatic heterocycles. The van der Waals surface area contributed by atoms with Crippen molar-refractivity contribution in [2.45, 2.75) is 45.3 Å². The van der Waals surface area contributed by atoms with Gasteiger partial charge < -0.3 is 14.5 Å². The Hall–Kier alpha value is -0.800. The topological polar surface area (TPSA) is 34.4 Å². The molecule has 0 radical (unpaired) electrons. The van der Waals surface area contributed by atoms with Crippen molar-refractivity contribution in [2.75, 3.05) is 13.2 Å². The highest BCUT2D eigenvalue weighted by atomic mass is 16.5. The van der Waals surface area contributed by atoms with Crippen LogP contribution in [0.4, 0.5) is 0 Å². The smallest absolute Gasteiger partial charge is 0.134 e. The molecule has 0 saturated carbocycles. The van der Waals surface area contributed by atoms with Crippen molar-refractivity contribution in [2.24, 2.45) is 0 Å². The minimum atomic E-state index is 0.0575. The van der Waals surface area contributed by atoms with Gasteiger partial charge in [-0.15, -0.1) is 0 Å². The highest BCUT2D eigenvalue weighted by Gasteiger charge is 2.28. The van der Waals surface area contributed by atoms with Crippen LogP contribution in [0.5, 0.6) is 0 Å². The summed E-state index contributed by atoms with van der Waals surface area (Å²) in [7, 11) is 0. The molecule has 2 rings (SSSR count). The van der Waals surface area contributed by atoms with Crippen molar-refractivity contribution in [3.8, 4) is 0 Å². The van der Waals surface area contributed by atoms with E-state index in [0.717, 1.165) is 37.5 Å². The molecule has 0 aromatic carbocycles. The molecule has 16 heavy (non-hydrogen) atoms. The minimum absolute atomic E-state index is 0.0575. The molecular weight excluding hydrogens is 202 g/mol. The largest absolute Gasteiger partial charge is 0.464 e. The average molecular weight is 223 g/mol. The van der Waals surface area contributed by atoms with Crippen LogP contribution in [-0.4, -0.2) is 18.7 Å². The molecule has 2 heterocycles. The molecule has 3 heteroatoms. The van der Waals surface area contributed by atoms with E-state index >= 15 is 0 Å². The van der Waals surface area contributed by atoms with E-state index in [9.17, 15) is 0 Å². The van der Waals surface area contributed by atoms with Crippen molar-refractivity contribution in [1.82, 2.24) is 5.32 Å². The van der Waals surface area contributed by atoms with Gasteiger partial charge in [0.15, 0.2) is 0 Å². The number of hydrogen-bond acceptors (Lipinski definition) is 3. The van der Waals surface area contributed by atoms with Crippen LogP contribution >= 0.6 is 0 Å². The van der Waals surface area contributed by atoms with Crippen LogP contribution in [0.1, 0.15) is 44.3 Å². The zero-order chi connectivity index (χ0) is 11.6. The van der Waals surface area contributed by atoms with E-state index in [-0.39, 0.29) is 11.6 Å². The molecule has 0 amide bonds. The summed E-state index contributed by atoms with van der Waals surface area (Å²) in [5, 5.41) is 3.58. The van der Waals surface area contributed by atoms with E-state index in [1.807, 2.05) is 19.1 Å². The Morgan fingerprint density at radius 2 is 2.31 bits per heavy atom. The first-order valence-corrected chi connectivity index (χ1v) is 6.06. The maximum atomic E-state index is 5.84. The summed E-state index contributed by atoms with van der Waals surface area (Å²) in [6, 6.07) is 4.00. The average Bonchev–Trinajstić information content (AvgIpc) is 2.59. The Morgan fingerprint density at radius 1 is 1.50 bits per heavy atom. The zero-order valence-electron chi connectivity index (χ0n) is 10.4. The summed E-state index contributed by atoms with van der Waals surface area (Å²) in [6.07, 6.45) is 2.24. The van der Waals surface area contributed by atoms with E-state index in [2.05, 4.69) is 19.2 Å². The van der Waals surface area contributed by atoms with Gasteiger partial charge in [0, 0.05) is 18.7 Å². The molecule has 1 aromatic rings. The summed E-state index contributed by atoms with van der Waals surface area (Å²) in [5.74, 6) is 1.88. The first kappa shape index (κ1) is 11.7. The number of aryl methyl sites for hydroxylation is 1. The van der Waals surface area contributed by atoms with Gasteiger partial charge in [0.1, 0.15) is 17.6 Å². The summed E-state index contributed by atoms with van der Waals surface area (Å²) in [5.41, 5.74) is 0.205. The van der Waals surface area contributed by atoms with Crippen molar-refractivity contribution >= 4 is 0 Å². The fourth-order valence-corrected chi connectivity index (χ4v) is 2.02. The second-order valence-electron chi connectivity index (χ2n) is 4.85. The number of nitrogens with one attached hydrogen (secondary N) is 1. The summed E-state index contributed by atoms with van der Waals surface area (Å²) >= 11 is 0. The summed E-state index contributed by atoms with van der Waals surface area (Å²) in [6.45, 7) is 8.05. The number of hydrogen-bond donors (Lipinski definition) is 1. The molecule has 3 nitrogen and oxygen atoms in total. The van der Waals surface area contributed by atoms with Gasteiger partial charge in [-0.25, -0.2) is 0 Å². The van der Waals surface area contributed by atoms with Gasteiger partial charge in [0.2, 0.25) is 0 Å². The van der Waals surface area contributed by atoms with Gasteiger partial charge in [0.05, 0.1) is 0 Å². The zero-order valence-corrected chi connectivity index (χ0v) is 10.4. The molecule has 2 atom stereocenters. The first-order valence-electron chi connectivity index (χ1n) is 6.06. The SMILES string of the molecule is CCC1(C)CCOC(c2ccc(C)o2)CN1. The quantitative estimate of drug-likeness (QED) is 0.837. The Balaban J connectivity index is 2.04. The van der Waals surface area contributed by atoms with Crippen molar-refractivity contribution in [3.63, 3.8) is 0 Å². The lowest BCUT2D eigenvalue weighted by atomic mass is 9.95. The molecule has 1 N–H and O–H groups in total. The predicted octanol–water partition coefficient (Wildman–Crippen LogP) is 2.81. The monoisotopic (exact) mass is 223 g/mol. The Bertz CT molecular complexity index is 347.